The monoisotopic (exact) mass is 451 g/mol. The van der Waals surface area contributed by atoms with Crippen LogP contribution in [0.15, 0.2) is 22.7 Å². The third-order valence-electron chi connectivity index (χ3n) is 5.73. The van der Waals surface area contributed by atoms with Gasteiger partial charge in [-0.05, 0) is 36.1 Å². The van der Waals surface area contributed by atoms with Gasteiger partial charge in [0.1, 0.15) is 0 Å². The molecule has 2 heteroatoms. The molecule has 0 heterocycles. The second kappa shape index (κ2) is 17.4. The molecular weight excluding hydrogens is 406 g/mol. The van der Waals surface area contributed by atoms with E-state index in [9.17, 15) is 0 Å². The summed E-state index contributed by atoms with van der Waals surface area (Å²) in [6.07, 6.45) is 21.4. The quantitative estimate of drug-likeness (QED) is 0.219. The Hall–Kier alpha value is -0.500. The molecular formula is C26H46BrN. The molecule has 1 rings (SSSR count). The number of halogens is 1. The fraction of sp³-hybridized carbons (Fsp3) is 0.769. The van der Waals surface area contributed by atoms with Gasteiger partial charge in [0.2, 0.25) is 0 Å². The Morgan fingerprint density at radius 1 is 0.714 bits per heavy atom. The van der Waals surface area contributed by atoms with Crippen LogP contribution < -0.4 is 5.32 Å². The molecule has 0 aliphatic heterocycles. The van der Waals surface area contributed by atoms with Crippen molar-refractivity contribution in [3.05, 3.63) is 28.2 Å². The highest BCUT2D eigenvalue weighted by molar-refractivity contribution is 9.10. The minimum absolute atomic E-state index is 0.557. The average Bonchev–Trinajstić information content (AvgIpc) is 2.68. The van der Waals surface area contributed by atoms with Gasteiger partial charge in [0, 0.05) is 16.7 Å². The zero-order valence-corrected chi connectivity index (χ0v) is 20.6. The van der Waals surface area contributed by atoms with Gasteiger partial charge >= 0.3 is 0 Å². The van der Waals surface area contributed by atoms with Gasteiger partial charge in [-0.2, -0.15) is 0 Å². The highest BCUT2D eigenvalue weighted by Crippen LogP contribution is 2.27. The maximum absolute atomic E-state index is 3.65. The van der Waals surface area contributed by atoms with Crippen LogP contribution in [-0.2, 0) is 0 Å². The number of benzene rings is 1. The molecule has 0 atom stereocenters. The second-order valence-electron chi connectivity index (χ2n) is 8.76. The second-order valence-corrected chi connectivity index (χ2v) is 9.68. The molecule has 0 saturated carbocycles. The summed E-state index contributed by atoms with van der Waals surface area (Å²) in [5.41, 5.74) is 2.72. The van der Waals surface area contributed by atoms with E-state index in [-0.39, 0.29) is 0 Å². The van der Waals surface area contributed by atoms with Gasteiger partial charge in [-0.25, -0.2) is 0 Å². The molecule has 1 N–H and O–H groups in total. The number of unbranched alkanes of at least 4 members (excludes halogenated alkanes) is 14. The van der Waals surface area contributed by atoms with Gasteiger partial charge in [-0.3, -0.25) is 0 Å². The maximum atomic E-state index is 3.65. The lowest BCUT2D eigenvalue weighted by molar-refractivity contribution is 0.533. The number of hydrogen-bond donors (Lipinski definition) is 1. The molecule has 1 aromatic carbocycles. The van der Waals surface area contributed by atoms with E-state index >= 15 is 0 Å². The summed E-state index contributed by atoms with van der Waals surface area (Å²) in [6, 6.07) is 6.60. The van der Waals surface area contributed by atoms with E-state index in [0.29, 0.717) is 5.92 Å². The zero-order chi connectivity index (χ0) is 20.5. The van der Waals surface area contributed by atoms with Crippen LogP contribution in [0.1, 0.15) is 129 Å². The summed E-state index contributed by atoms with van der Waals surface area (Å²) >= 11 is 3.59. The standard InChI is InChI=1S/C26H46BrN/c1-4-5-6-7-8-9-10-11-12-13-14-15-16-17-18-21-28-26-20-19-24(27)22-25(26)23(2)3/h19-20,22-23,28H,4-18,21H2,1-3H3. The van der Waals surface area contributed by atoms with Gasteiger partial charge in [0.15, 0.2) is 0 Å². The molecule has 0 bridgehead atoms. The van der Waals surface area contributed by atoms with E-state index in [2.05, 4.69) is 60.2 Å². The molecule has 0 aliphatic carbocycles. The highest BCUT2D eigenvalue weighted by atomic mass is 79.9. The van der Waals surface area contributed by atoms with Crippen LogP contribution in [0.5, 0.6) is 0 Å². The van der Waals surface area contributed by atoms with Crippen molar-refractivity contribution in [2.75, 3.05) is 11.9 Å². The smallest absolute Gasteiger partial charge is 0.0376 e. The summed E-state index contributed by atoms with van der Waals surface area (Å²) in [4.78, 5) is 0. The van der Waals surface area contributed by atoms with E-state index in [1.807, 2.05) is 0 Å². The Morgan fingerprint density at radius 2 is 1.18 bits per heavy atom. The molecule has 1 nitrogen and oxygen atoms in total. The lowest BCUT2D eigenvalue weighted by Crippen LogP contribution is -2.05. The highest BCUT2D eigenvalue weighted by Gasteiger charge is 2.06. The van der Waals surface area contributed by atoms with Crippen molar-refractivity contribution in [3.8, 4) is 0 Å². The van der Waals surface area contributed by atoms with Gasteiger partial charge in [-0.1, -0.05) is 127 Å². The first-order valence-corrected chi connectivity index (χ1v) is 13.0. The summed E-state index contributed by atoms with van der Waals surface area (Å²) in [5, 5.41) is 3.65. The normalized spacial score (nSPS) is 11.3. The van der Waals surface area contributed by atoms with E-state index < -0.39 is 0 Å². The van der Waals surface area contributed by atoms with Crippen molar-refractivity contribution in [2.45, 2.75) is 123 Å². The number of rotatable bonds is 18. The molecule has 0 radical (unpaired) electrons. The Morgan fingerprint density at radius 3 is 1.64 bits per heavy atom. The molecule has 0 saturated heterocycles. The molecule has 1 aromatic rings. The van der Waals surface area contributed by atoms with Gasteiger partial charge in [-0.15, -0.1) is 0 Å². The SMILES string of the molecule is CCCCCCCCCCCCCCCCCNc1ccc(Br)cc1C(C)C. The molecule has 0 unspecified atom stereocenters. The Bertz CT molecular complexity index is 483. The lowest BCUT2D eigenvalue weighted by Gasteiger charge is -2.15. The summed E-state index contributed by atoms with van der Waals surface area (Å²) in [5.74, 6) is 0.557. The first-order chi connectivity index (χ1) is 13.6. The number of nitrogens with one attached hydrogen (secondary N) is 1. The Balaban J connectivity index is 1.90. The van der Waals surface area contributed by atoms with E-state index in [4.69, 9.17) is 0 Å². The predicted octanol–water partition coefficient (Wildman–Crippen LogP) is 9.86. The molecule has 0 spiro atoms. The van der Waals surface area contributed by atoms with Crippen LogP contribution >= 0.6 is 15.9 Å². The summed E-state index contributed by atoms with van der Waals surface area (Å²) < 4.78 is 1.17. The van der Waals surface area contributed by atoms with Crippen LogP contribution in [0, 0.1) is 0 Å². The fourth-order valence-electron chi connectivity index (χ4n) is 3.89. The molecule has 0 aliphatic rings. The predicted molar refractivity (Wildman–Crippen MR) is 132 cm³/mol. The summed E-state index contributed by atoms with van der Waals surface area (Å²) in [7, 11) is 0. The van der Waals surface area contributed by atoms with Crippen LogP contribution in [0.4, 0.5) is 5.69 Å². The van der Waals surface area contributed by atoms with Gasteiger partial charge in [0.05, 0.1) is 0 Å². The van der Waals surface area contributed by atoms with Crippen molar-refractivity contribution in [1.29, 1.82) is 0 Å². The zero-order valence-electron chi connectivity index (χ0n) is 19.0. The topological polar surface area (TPSA) is 12.0 Å². The average molecular weight is 453 g/mol. The van der Waals surface area contributed by atoms with E-state index in [0.717, 1.165) is 6.54 Å². The summed E-state index contributed by atoms with van der Waals surface area (Å²) in [6.45, 7) is 7.92. The minimum atomic E-state index is 0.557. The van der Waals surface area contributed by atoms with E-state index in [1.54, 1.807) is 0 Å². The Kier molecular flexibility index (Phi) is 15.8. The van der Waals surface area contributed by atoms with Crippen molar-refractivity contribution < 1.29 is 0 Å². The third kappa shape index (κ3) is 12.9. The molecule has 0 amide bonds. The van der Waals surface area contributed by atoms with Crippen LogP contribution in [0.25, 0.3) is 0 Å². The third-order valence-corrected chi connectivity index (χ3v) is 6.22. The molecule has 0 fully saturated rings. The fourth-order valence-corrected chi connectivity index (χ4v) is 4.27. The first kappa shape index (κ1) is 25.5. The molecule has 162 valence electrons. The Labute approximate surface area is 184 Å². The first-order valence-electron chi connectivity index (χ1n) is 12.2. The number of anilines is 1. The van der Waals surface area contributed by atoms with E-state index in [1.165, 1.54) is 112 Å². The van der Waals surface area contributed by atoms with Crippen molar-refractivity contribution in [2.24, 2.45) is 0 Å². The van der Waals surface area contributed by atoms with Gasteiger partial charge in [0.25, 0.3) is 0 Å². The number of hydrogen-bond acceptors (Lipinski definition) is 1. The van der Waals surface area contributed by atoms with Crippen LogP contribution in [0.3, 0.4) is 0 Å². The molecule has 0 aromatic heterocycles. The van der Waals surface area contributed by atoms with Crippen LogP contribution in [-0.4, -0.2) is 6.54 Å². The van der Waals surface area contributed by atoms with Crippen molar-refractivity contribution >= 4 is 21.6 Å². The lowest BCUT2D eigenvalue weighted by atomic mass is 10.0. The van der Waals surface area contributed by atoms with Crippen molar-refractivity contribution in [1.82, 2.24) is 0 Å². The molecule has 28 heavy (non-hydrogen) atoms. The van der Waals surface area contributed by atoms with Crippen LogP contribution in [0.2, 0.25) is 0 Å². The minimum Gasteiger partial charge on any atom is -0.385 e. The van der Waals surface area contributed by atoms with Crippen molar-refractivity contribution in [3.63, 3.8) is 0 Å². The van der Waals surface area contributed by atoms with Gasteiger partial charge < -0.3 is 5.32 Å². The largest absolute Gasteiger partial charge is 0.385 e. The maximum Gasteiger partial charge on any atom is 0.0376 e.